The van der Waals surface area contributed by atoms with Gasteiger partial charge >= 0.3 is 0 Å². The molecule has 1 amide bonds. The van der Waals surface area contributed by atoms with Crippen molar-refractivity contribution in [2.24, 2.45) is 0 Å². The van der Waals surface area contributed by atoms with Crippen LogP contribution in [0.15, 0.2) is 48.5 Å². The molecule has 2 aromatic carbocycles. The molecule has 5 heteroatoms. The zero-order valence-electron chi connectivity index (χ0n) is 12.4. The van der Waals surface area contributed by atoms with Gasteiger partial charge in [0.1, 0.15) is 0 Å². The van der Waals surface area contributed by atoms with Crippen molar-refractivity contribution in [3.05, 3.63) is 75.3 Å². The number of amides is 1. The van der Waals surface area contributed by atoms with Gasteiger partial charge in [-0.25, -0.2) is 0 Å². The van der Waals surface area contributed by atoms with E-state index in [0.717, 1.165) is 16.8 Å². The van der Waals surface area contributed by atoms with Gasteiger partial charge in [-0.1, -0.05) is 18.2 Å². The first-order valence-electron chi connectivity index (χ1n) is 6.76. The van der Waals surface area contributed by atoms with Crippen LogP contribution in [0.2, 0.25) is 0 Å². The second-order valence-corrected chi connectivity index (χ2v) is 5.05. The summed E-state index contributed by atoms with van der Waals surface area (Å²) in [5.74, 6) is -0.281. The Morgan fingerprint density at radius 2 is 1.82 bits per heavy atom. The van der Waals surface area contributed by atoms with Gasteiger partial charge in [0.2, 0.25) is 5.91 Å². The van der Waals surface area contributed by atoms with E-state index in [1.807, 2.05) is 32.0 Å². The molecule has 0 aliphatic heterocycles. The van der Waals surface area contributed by atoms with Gasteiger partial charge in [0.15, 0.2) is 0 Å². The molecule has 0 aliphatic carbocycles. The molecule has 0 aromatic heterocycles. The maximum Gasteiger partial charge on any atom is 0.270 e. The summed E-state index contributed by atoms with van der Waals surface area (Å²) in [4.78, 5) is 22.1. The third kappa shape index (κ3) is 4.28. The molecule has 0 unspecified atom stereocenters. The number of carbonyl (C=O) groups is 1. The summed E-state index contributed by atoms with van der Waals surface area (Å²) in [7, 11) is 0. The average molecular weight is 296 g/mol. The number of hydrogen-bond acceptors (Lipinski definition) is 3. The van der Waals surface area contributed by atoms with Crippen LogP contribution in [0.25, 0.3) is 6.08 Å². The highest BCUT2D eigenvalue weighted by Gasteiger charge is 2.04. The summed E-state index contributed by atoms with van der Waals surface area (Å²) in [6.45, 7) is 3.92. The van der Waals surface area contributed by atoms with Crippen LogP contribution in [0.3, 0.4) is 0 Å². The molecule has 0 heterocycles. The molecule has 0 radical (unpaired) electrons. The van der Waals surface area contributed by atoms with E-state index < -0.39 is 4.92 Å². The Morgan fingerprint density at radius 1 is 1.14 bits per heavy atom. The van der Waals surface area contributed by atoms with Crippen LogP contribution < -0.4 is 5.32 Å². The molecule has 112 valence electrons. The van der Waals surface area contributed by atoms with Gasteiger partial charge in [0.25, 0.3) is 5.69 Å². The Hall–Kier alpha value is -2.95. The van der Waals surface area contributed by atoms with Crippen LogP contribution in [0.1, 0.15) is 16.7 Å². The lowest BCUT2D eigenvalue weighted by molar-refractivity contribution is -0.384. The molecule has 0 saturated heterocycles. The van der Waals surface area contributed by atoms with Crippen molar-refractivity contribution in [3.63, 3.8) is 0 Å². The Kier molecular flexibility index (Phi) is 4.68. The maximum absolute atomic E-state index is 11.9. The van der Waals surface area contributed by atoms with Crippen molar-refractivity contribution >= 4 is 23.4 Å². The first-order chi connectivity index (χ1) is 10.4. The second kappa shape index (κ2) is 6.67. The van der Waals surface area contributed by atoms with Gasteiger partial charge in [-0.15, -0.1) is 0 Å². The Bertz CT molecular complexity index is 731. The third-order valence-corrected chi connectivity index (χ3v) is 3.00. The highest BCUT2D eigenvalue weighted by molar-refractivity contribution is 6.02. The molecule has 0 spiro atoms. The fourth-order valence-corrected chi connectivity index (χ4v) is 2.14. The van der Waals surface area contributed by atoms with Crippen molar-refractivity contribution < 1.29 is 9.72 Å². The molecule has 0 atom stereocenters. The molecule has 0 bridgehead atoms. The number of nitrogens with zero attached hydrogens (tertiary/aromatic N) is 1. The summed E-state index contributed by atoms with van der Waals surface area (Å²) in [6, 6.07) is 11.9. The maximum atomic E-state index is 11.9. The van der Waals surface area contributed by atoms with E-state index >= 15 is 0 Å². The van der Waals surface area contributed by atoms with Crippen molar-refractivity contribution in [2.45, 2.75) is 13.8 Å². The number of nitro benzene ring substituents is 1. The molecular weight excluding hydrogens is 280 g/mol. The molecule has 1 N–H and O–H groups in total. The summed E-state index contributed by atoms with van der Waals surface area (Å²) < 4.78 is 0. The Balaban J connectivity index is 2.08. The highest BCUT2D eigenvalue weighted by Crippen LogP contribution is 2.15. The molecular formula is C17H16N2O3. The molecule has 0 fully saturated rings. The number of non-ortho nitro benzene ring substituents is 1. The monoisotopic (exact) mass is 296 g/mol. The first kappa shape index (κ1) is 15.4. The van der Waals surface area contributed by atoms with Crippen LogP contribution in [0.5, 0.6) is 0 Å². The smallest absolute Gasteiger partial charge is 0.270 e. The molecule has 2 aromatic rings. The quantitative estimate of drug-likeness (QED) is 0.529. The average Bonchev–Trinajstić information content (AvgIpc) is 2.44. The fraction of sp³-hybridized carbons (Fsp3) is 0.118. The lowest BCUT2D eigenvalue weighted by Crippen LogP contribution is -2.08. The topological polar surface area (TPSA) is 72.2 Å². The lowest BCUT2D eigenvalue weighted by Gasteiger charge is -2.05. The summed E-state index contributed by atoms with van der Waals surface area (Å²) in [5, 5.41) is 13.5. The predicted octanol–water partition coefficient (Wildman–Crippen LogP) is 3.86. The van der Waals surface area contributed by atoms with E-state index in [1.54, 1.807) is 18.2 Å². The highest BCUT2D eigenvalue weighted by atomic mass is 16.6. The van der Waals surface area contributed by atoms with Crippen molar-refractivity contribution in [1.82, 2.24) is 0 Å². The van der Waals surface area contributed by atoms with E-state index in [-0.39, 0.29) is 11.6 Å². The molecule has 2 rings (SSSR count). The van der Waals surface area contributed by atoms with Gasteiger partial charge < -0.3 is 5.32 Å². The van der Waals surface area contributed by atoms with Gasteiger partial charge in [-0.3, -0.25) is 14.9 Å². The number of rotatable bonds is 4. The first-order valence-corrected chi connectivity index (χ1v) is 6.76. The zero-order valence-corrected chi connectivity index (χ0v) is 12.4. The minimum atomic E-state index is -0.465. The van der Waals surface area contributed by atoms with Crippen LogP contribution in [0, 0.1) is 24.0 Å². The molecule has 22 heavy (non-hydrogen) atoms. The summed E-state index contributed by atoms with van der Waals surface area (Å²) in [6.07, 6.45) is 2.90. The van der Waals surface area contributed by atoms with Crippen LogP contribution >= 0.6 is 0 Å². The number of nitro groups is 1. The van der Waals surface area contributed by atoms with E-state index in [4.69, 9.17) is 0 Å². The van der Waals surface area contributed by atoms with Crippen LogP contribution in [0.4, 0.5) is 11.4 Å². The van der Waals surface area contributed by atoms with Gasteiger partial charge in [-0.05, 0) is 48.7 Å². The molecule has 0 saturated carbocycles. The van der Waals surface area contributed by atoms with E-state index in [0.29, 0.717) is 5.56 Å². The van der Waals surface area contributed by atoms with E-state index in [1.165, 1.54) is 18.2 Å². The zero-order chi connectivity index (χ0) is 16.1. The number of hydrogen-bond donors (Lipinski definition) is 1. The second-order valence-electron chi connectivity index (χ2n) is 5.05. The third-order valence-electron chi connectivity index (χ3n) is 3.00. The van der Waals surface area contributed by atoms with Crippen molar-refractivity contribution in [1.29, 1.82) is 0 Å². The number of aryl methyl sites for hydroxylation is 2. The fourth-order valence-electron chi connectivity index (χ4n) is 2.14. The minimum absolute atomic E-state index is 0.00290. The van der Waals surface area contributed by atoms with Crippen molar-refractivity contribution in [3.8, 4) is 0 Å². The number of anilines is 1. The standard InChI is InChI=1S/C17H16N2O3/c1-12-8-13(2)10-15(9-12)18-17(20)7-6-14-4-3-5-16(11-14)19(21)22/h3-11H,1-2H3,(H,18,20)/b7-6+. The van der Waals surface area contributed by atoms with Crippen molar-refractivity contribution in [2.75, 3.05) is 5.32 Å². The van der Waals surface area contributed by atoms with E-state index in [2.05, 4.69) is 5.32 Å². The number of carbonyl (C=O) groups excluding carboxylic acids is 1. The Labute approximate surface area is 128 Å². The normalized spacial score (nSPS) is 10.6. The largest absolute Gasteiger partial charge is 0.322 e. The summed E-state index contributed by atoms with van der Waals surface area (Å²) in [5.41, 5.74) is 3.46. The Morgan fingerprint density at radius 3 is 2.45 bits per heavy atom. The molecule has 0 aliphatic rings. The lowest BCUT2D eigenvalue weighted by atomic mass is 10.1. The number of benzene rings is 2. The summed E-state index contributed by atoms with van der Waals surface area (Å²) >= 11 is 0. The van der Waals surface area contributed by atoms with E-state index in [9.17, 15) is 14.9 Å². The molecule has 5 nitrogen and oxygen atoms in total. The minimum Gasteiger partial charge on any atom is -0.322 e. The van der Waals surface area contributed by atoms with Gasteiger partial charge in [0.05, 0.1) is 4.92 Å². The van der Waals surface area contributed by atoms with Crippen LogP contribution in [-0.2, 0) is 4.79 Å². The predicted molar refractivity (Wildman–Crippen MR) is 86.7 cm³/mol. The number of nitrogens with one attached hydrogen (secondary N) is 1. The van der Waals surface area contributed by atoms with Gasteiger partial charge in [-0.2, -0.15) is 0 Å². The SMILES string of the molecule is Cc1cc(C)cc(NC(=O)/C=C/c2cccc([N+](=O)[O-])c2)c1. The van der Waals surface area contributed by atoms with Gasteiger partial charge in [0, 0.05) is 23.9 Å². The van der Waals surface area contributed by atoms with Crippen LogP contribution in [-0.4, -0.2) is 10.8 Å².